The lowest BCUT2D eigenvalue weighted by molar-refractivity contribution is 0.516. The summed E-state index contributed by atoms with van der Waals surface area (Å²) in [5.74, 6) is 0.803. The fourth-order valence-corrected chi connectivity index (χ4v) is 3.67. The van der Waals surface area contributed by atoms with Gasteiger partial charge in [-0.15, -0.1) is 0 Å². The molecular formula is C11H25NO2S. The van der Waals surface area contributed by atoms with Crippen LogP contribution in [0.15, 0.2) is 0 Å². The van der Waals surface area contributed by atoms with Gasteiger partial charge in [-0.2, -0.15) is 0 Å². The molecule has 0 heterocycles. The maximum absolute atomic E-state index is 11.7. The van der Waals surface area contributed by atoms with Gasteiger partial charge < -0.3 is 5.32 Å². The van der Waals surface area contributed by atoms with E-state index in [2.05, 4.69) is 12.2 Å². The highest BCUT2D eigenvalue weighted by Crippen LogP contribution is 2.04. The summed E-state index contributed by atoms with van der Waals surface area (Å²) < 4.78 is 23.5. The summed E-state index contributed by atoms with van der Waals surface area (Å²) in [7, 11) is -2.89. The SMILES string of the molecule is CCCNC(CC)CS(=O)(=O)CC(C)C. The smallest absolute Gasteiger partial charge is 0.152 e. The Labute approximate surface area is 94.6 Å². The predicted octanol–water partition coefficient (Wildman–Crippen LogP) is 1.84. The number of hydrogen-bond donors (Lipinski definition) is 1. The van der Waals surface area contributed by atoms with E-state index in [1.165, 1.54) is 0 Å². The highest BCUT2D eigenvalue weighted by Gasteiger charge is 2.18. The molecule has 0 aromatic rings. The third kappa shape index (κ3) is 7.79. The zero-order valence-corrected chi connectivity index (χ0v) is 11.2. The first-order valence-corrected chi connectivity index (χ1v) is 7.67. The topological polar surface area (TPSA) is 46.2 Å². The van der Waals surface area contributed by atoms with Gasteiger partial charge in [0.25, 0.3) is 0 Å². The van der Waals surface area contributed by atoms with Crippen LogP contribution in [-0.2, 0) is 9.84 Å². The van der Waals surface area contributed by atoms with Crippen molar-refractivity contribution in [1.82, 2.24) is 5.32 Å². The number of nitrogens with one attached hydrogen (secondary N) is 1. The molecule has 0 spiro atoms. The van der Waals surface area contributed by atoms with Crippen molar-refractivity contribution in [3.05, 3.63) is 0 Å². The van der Waals surface area contributed by atoms with Crippen LogP contribution in [0.4, 0.5) is 0 Å². The van der Waals surface area contributed by atoms with E-state index in [9.17, 15) is 8.42 Å². The Bertz CT molecular complexity index is 247. The predicted molar refractivity (Wildman–Crippen MR) is 65.9 cm³/mol. The van der Waals surface area contributed by atoms with Crippen LogP contribution in [-0.4, -0.2) is 32.5 Å². The van der Waals surface area contributed by atoms with Crippen LogP contribution >= 0.6 is 0 Å². The van der Waals surface area contributed by atoms with Crippen LogP contribution in [0.3, 0.4) is 0 Å². The van der Waals surface area contributed by atoms with Crippen molar-refractivity contribution in [2.45, 2.75) is 46.6 Å². The summed E-state index contributed by atoms with van der Waals surface area (Å²) in [5.41, 5.74) is 0. The summed E-state index contributed by atoms with van der Waals surface area (Å²) in [5, 5.41) is 3.27. The maximum Gasteiger partial charge on any atom is 0.152 e. The lowest BCUT2D eigenvalue weighted by Crippen LogP contribution is -2.36. The molecule has 1 unspecified atom stereocenters. The van der Waals surface area contributed by atoms with E-state index in [0.717, 1.165) is 19.4 Å². The first-order chi connectivity index (χ1) is 6.91. The van der Waals surface area contributed by atoms with Gasteiger partial charge in [-0.25, -0.2) is 8.42 Å². The van der Waals surface area contributed by atoms with Gasteiger partial charge in [0.1, 0.15) is 0 Å². The summed E-state index contributed by atoms with van der Waals surface area (Å²) in [6.07, 6.45) is 1.91. The van der Waals surface area contributed by atoms with Gasteiger partial charge in [-0.1, -0.05) is 27.7 Å². The molecule has 0 saturated heterocycles. The lowest BCUT2D eigenvalue weighted by Gasteiger charge is -2.17. The second kappa shape index (κ2) is 7.23. The lowest BCUT2D eigenvalue weighted by atomic mass is 10.2. The molecule has 0 rings (SSSR count). The Hall–Kier alpha value is -0.0900. The first-order valence-electron chi connectivity index (χ1n) is 5.85. The van der Waals surface area contributed by atoms with E-state index >= 15 is 0 Å². The molecule has 0 fully saturated rings. The third-order valence-electron chi connectivity index (χ3n) is 2.22. The van der Waals surface area contributed by atoms with Crippen molar-refractivity contribution in [2.24, 2.45) is 5.92 Å². The van der Waals surface area contributed by atoms with Crippen molar-refractivity contribution in [3.8, 4) is 0 Å². The van der Waals surface area contributed by atoms with E-state index in [4.69, 9.17) is 0 Å². The summed E-state index contributed by atoms with van der Waals surface area (Å²) >= 11 is 0. The molecule has 0 amide bonds. The third-order valence-corrected chi connectivity index (χ3v) is 4.30. The van der Waals surface area contributed by atoms with Crippen LogP contribution in [0.25, 0.3) is 0 Å². The van der Waals surface area contributed by atoms with Crippen molar-refractivity contribution < 1.29 is 8.42 Å². The van der Waals surface area contributed by atoms with Crippen molar-refractivity contribution in [3.63, 3.8) is 0 Å². The van der Waals surface area contributed by atoms with E-state index in [1.807, 2.05) is 20.8 Å². The molecule has 0 saturated carbocycles. The minimum atomic E-state index is -2.89. The molecule has 3 nitrogen and oxygen atoms in total. The second-order valence-electron chi connectivity index (χ2n) is 4.53. The van der Waals surface area contributed by atoms with Crippen molar-refractivity contribution >= 4 is 9.84 Å². The fourth-order valence-electron chi connectivity index (χ4n) is 1.55. The van der Waals surface area contributed by atoms with E-state index < -0.39 is 9.84 Å². The van der Waals surface area contributed by atoms with Crippen LogP contribution in [0, 0.1) is 5.92 Å². The van der Waals surface area contributed by atoms with Crippen LogP contribution < -0.4 is 5.32 Å². The van der Waals surface area contributed by atoms with Gasteiger partial charge >= 0.3 is 0 Å². The van der Waals surface area contributed by atoms with Gasteiger partial charge in [0, 0.05) is 6.04 Å². The minimum absolute atomic E-state index is 0.119. The van der Waals surface area contributed by atoms with Crippen molar-refractivity contribution in [1.29, 1.82) is 0 Å². The van der Waals surface area contributed by atoms with Gasteiger partial charge in [0.2, 0.25) is 0 Å². The molecule has 4 heteroatoms. The number of rotatable bonds is 8. The average molecular weight is 235 g/mol. The Morgan fingerprint density at radius 3 is 2.13 bits per heavy atom. The van der Waals surface area contributed by atoms with Crippen LogP contribution in [0.1, 0.15) is 40.5 Å². The highest BCUT2D eigenvalue weighted by atomic mass is 32.2. The summed E-state index contributed by atoms with van der Waals surface area (Å²) in [6.45, 7) is 8.90. The van der Waals surface area contributed by atoms with E-state index in [1.54, 1.807) is 0 Å². The quantitative estimate of drug-likeness (QED) is 0.698. The summed E-state index contributed by atoms with van der Waals surface area (Å²) in [4.78, 5) is 0. The second-order valence-corrected chi connectivity index (χ2v) is 6.68. The van der Waals surface area contributed by atoms with Crippen LogP contribution in [0.2, 0.25) is 0 Å². The highest BCUT2D eigenvalue weighted by molar-refractivity contribution is 7.91. The van der Waals surface area contributed by atoms with E-state index in [0.29, 0.717) is 5.75 Å². The first kappa shape index (κ1) is 14.9. The molecule has 92 valence electrons. The fraction of sp³-hybridized carbons (Fsp3) is 1.00. The van der Waals surface area contributed by atoms with Gasteiger partial charge in [0.15, 0.2) is 9.84 Å². The number of sulfone groups is 1. The standard InChI is InChI=1S/C11H25NO2S/c1-5-7-12-11(6-2)9-15(13,14)8-10(3)4/h10-12H,5-9H2,1-4H3. The number of hydrogen-bond acceptors (Lipinski definition) is 3. The summed E-state index contributed by atoms with van der Waals surface area (Å²) in [6, 6.07) is 0.119. The minimum Gasteiger partial charge on any atom is -0.313 e. The molecular weight excluding hydrogens is 210 g/mol. The monoisotopic (exact) mass is 235 g/mol. The molecule has 0 aromatic heterocycles. The normalized spacial score (nSPS) is 14.5. The molecule has 0 bridgehead atoms. The largest absolute Gasteiger partial charge is 0.313 e. The maximum atomic E-state index is 11.7. The molecule has 15 heavy (non-hydrogen) atoms. The molecule has 0 aliphatic carbocycles. The Balaban J connectivity index is 4.15. The Kier molecular flexibility index (Phi) is 7.18. The molecule has 0 aromatic carbocycles. The Morgan fingerprint density at radius 1 is 1.13 bits per heavy atom. The van der Waals surface area contributed by atoms with Crippen molar-refractivity contribution in [2.75, 3.05) is 18.1 Å². The van der Waals surface area contributed by atoms with Gasteiger partial charge in [-0.05, 0) is 25.3 Å². The Morgan fingerprint density at radius 2 is 1.73 bits per heavy atom. The average Bonchev–Trinajstić information content (AvgIpc) is 2.09. The molecule has 0 aliphatic rings. The van der Waals surface area contributed by atoms with E-state index in [-0.39, 0.29) is 17.7 Å². The van der Waals surface area contributed by atoms with Crippen LogP contribution in [0.5, 0.6) is 0 Å². The van der Waals surface area contributed by atoms with Gasteiger partial charge in [0.05, 0.1) is 11.5 Å². The zero-order chi connectivity index (χ0) is 11.9. The zero-order valence-electron chi connectivity index (χ0n) is 10.4. The van der Waals surface area contributed by atoms with Gasteiger partial charge in [-0.3, -0.25) is 0 Å². The molecule has 0 aliphatic heterocycles. The molecule has 1 atom stereocenters. The molecule has 1 N–H and O–H groups in total. The molecule has 0 radical (unpaired) electrons.